The predicted octanol–water partition coefficient (Wildman–Crippen LogP) is 3.16. The van der Waals surface area contributed by atoms with Crippen LogP contribution < -0.4 is 0 Å². The van der Waals surface area contributed by atoms with E-state index in [1.54, 1.807) is 37.7 Å². The fourth-order valence-corrected chi connectivity index (χ4v) is 1.49. The minimum Gasteiger partial charge on any atom is -0.447 e. The molecule has 0 saturated carbocycles. The van der Waals surface area contributed by atoms with Gasteiger partial charge in [0.1, 0.15) is 13.1 Å². The highest BCUT2D eigenvalue weighted by molar-refractivity contribution is 6.60. The third-order valence-electron chi connectivity index (χ3n) is 2.68. The number of nitrogens with zero attached hydrogens (tertiary/aromatic N) is 3. The summed E-state index contributed by atoms with van der Waals surface area (Å²) in [5, 5.41) is 8.68. The van der Waals surface area contributed by atoms with Crippen molar-refractivity contribution in [1.82, 2.24) is 4.90 Å². The largest absolute Gasteiger partial charge is 0.673 e. The van der Waals surface area contributed by atoms with Crippen LogP contribution in [-0.4, -0.2) is 107 Å². The van der Waals surface area contributed by atoms with Crippen LogP contribution in [0.5, 0.6) is 0 Å². The van der Waals surface area contributed by atoms with Crippen molar-refractivity contribution in [3.05, 3.63) is 0 Å². The molecule has 17 heteroatoms. The molecule has 170 valence electrons. The number of ether oxygens (including phenoxy) is 1. The second kappa shape index (κ2) is 13.8. The first-order valence-electron chi connectivity index (χ1n) is 7.48. The summed E-state index contributed by atoms with van der Waals surface area (Å²) in [4.78, 5) is 12.4. The smallest absolute Gasteiger partial charge is 0.447 e. The average molecular weight is 455 g/mol. The van der Waals surface area contributed by atoms with Crippen molar-refractivity contribution >= 4 is 37.5 Å². The number of aliphatic hydroxyl groups excluding tert-OH is 1. The lowest BCUT2D eigenvalue weighted by atomic mass is 10.3. The molecular formula is C11H24B2ClF8N3O3. The van der Waals surface area contributed by atoms with E-state index in [0.717, 1.165) is 0 Å². The second-order valence-electron chi connectivity index (χ2n) is 5.79. The number of quaternary nitrogens is 1. The molecule has 0 aromatic heterocycles. The van der Waals surface area contributed by atoms with Crippen LogP contribution in [0, 0.1) is 0 Å². The van der Waals surface area contributed by atoms with E-state index in [1.165, 1.54) is 0 Å². The first kappa shape index (κ1) is 31.4. The monoisotopic (exact) mass is 455 g/mol. The van der Waals surface area contributed by atoms with Crippen molar-refractivity contribution in [1.29, 1.82) is 0 Å². The van der Waals surface area contributed by atoms with Gasteiger partial charge in [-0.2, -0.15) is 0 Å². The van der Waals surface area contributed by atoms with Crippen LogP contribution >= 0.6 is 11.6 Å². The molecule has 0 unspecified atom stereocenters. The zero-order valence-corrected chi connectivity index (χ0v) is 16.7. The average Bonchev–Trinajstić information content (AvgIpc) is 2.44. The van der Waals surface area contributed by atoms with E-state index in [0.29, 0.717) is 30.8 Å². The fourth-order valence-electron chi connectivity index (χ4n) is 1.32. The lowest BCUT2D eigenvalue weighted by Gasteiger charge is -2.32. The lowest BCUT2D eigenvalue weighted by Crippen LogP contribution is -2.53. The molecule has 1 aliphatic rings. The number of carbonyl (C=O) groups excluding carboxylic acids is 1. The maximum atomic E-state index is 10.8. The number of halogens is 9. The third-order valence-corrected chi connectivity index (χ3v) is 3.09. The number of carbonyl (C=O) groups is 1. The number of amidine groups is 1. The van der Waals surface area contributed by atoms with E-state index in [-0.39, 0.29) is 11.4 Å². The molecule has 1 N–H and O–H groups in total. The van der Waals surface area contributed by atoms with Gasteiger partial charge in [0.25, 0.3) is 0 Å². The summed E-state index contributed by atoms with van der Waals surface area (Å²) >= 11 is 5.38. The molecule has 1 rings (SSSR count). The van der Waals surface area contributed by atoms with Crippen LogP contribution in [0.3, 0.4) is 0 Å². The van der Waals surface area contributed by atoms with E-state index in [1.807, 2.05) is 7.05 Å². The Bertz CT molecular complexity index is 459. The zero-order valence-electron chi connectivity index (χ0n) is 16.0. The summed E-state index contributed by atoms with van der Waals surface area (Å²) < 4.78 is 85.0. The van der Waals surface area contributed by atoms with Gasteiger partial charge in [0.05, 0.1) is 48.5 Å². The van der Waals surface area contributed by atoms with Crippen LogP contribution in [0.2, 0.25) is 0 Å². The first-order chi connectivity index (χ1) is 12.2. The summed E-state index contributed by atoms with van der Waals surface area (Å²) in [5.41, 5.74) is 0. The minimum atomic E-state index is -6.00. The van der Waals surface area contributed by atoms with E-state index >= 15 is 0 Å². The van der Waals surface area contributed by atoms with Gasteiger partial charge in [0.2, 0.25) is 0 Å². The zero-order chi connectivity index (χ0) is 23.3. The normalized spacial score (nSPS) is 15.4. The van der Waals surface area contributed by atoms with Gasteiger partial charge in [-0.25, -0.2) is 18.8 Å². The molecule has 0 atom stereocenters. The Balaban J connectivity index is -0.000000313. The van der Waals surface area contributed by atoms with Gasteiger partial charge in [-0.3, -0.25) is 0 Å². The molecule has 6 nitrogen and oxygen atoms in total. The van der Waals surface area contributed by atoms with Crippen molar-refractivity contribution < 1.29 is 58.2 Å². The summed E-state index contributed by atoms with van der Waals surface area (Å²) in [5.74, 6) is 0. The van der Waals surface area contributed by atoms with Crippen LogP contribution in [0.25, 0.3) is 0 Å². The topological polar surface area (TPSA) is 52.8 Å². The van der Waals surface area contributed by atoms with Gasteiger partial charge in [-0.1, -0.05) is 0 Å². The van der Waals surface area contributed by atoms with Gasteiger partial charge >= 0.3 is 25.9 Å². The van der Waals surface area contributed by atoms with Crippen molar-refractivity contribution in [2.45, 2.75) is 0 Å². The van der Waals surface area contributed by atoms with Gasteiger partial charge in [-0.05, 0) is 0 Å². The molecule has 1 saturated heterocycles. The maximum absolute atomic E-state index is 10.8. The van der Waals surface area contributed by atoms with Gasteiger partial charge in [0.15, 0.2) is 0 Å². The van der Waals surface area contributed by atoms with Crippen LogP contribution in [0.15, 0.2) is 0 Å². The molecule has 1 heterocycles. The highest BCUT2D eigenvalue weighted by Crippen LogP contribution is 2.11. The lowest BCUT2D eigenvalue weighted by molar-refractivity contribution is -0.833. The molecule has 0 aromatic rings. The summed E-state index contributed by atoms with van der Waals surface area (Å²) in [6.45, 7) is 2.66. The van der Waals surface area contributed by atoms with E-state index < -0.39 is 14.5 Å². The Hall–Kier alpha value is -1.28. The van der Waals surface area contributed by atoms with Gasteiger partial charge in [-0.15, -0.1) is 0 Å². The number of hydrogen-bond acceptors (Lipinski definition) is 2. The van der Waals surface area contributed by atoms with Gasteiger partial charge in [0, 0.05) is 11.6 Å². The van der Waals surface area contributed by atoms with Crippen LogP contribution in [-0.2, 0) is 4.74 Å². The molecule has 0 spiro atoms. The fraction of sp³-hybridized carbons (Fsp3) is 0.818. The molecule has 1 aliphatic heterocycles. The maximum Gasteiger partial charge on any atom is 0.673 e. The molecule has 28 heavy (non-hydrogen) atoms. The van der Waals surface area contributed by atoms with Crippen molar-refractivity contribution in [2.75, 3.05) is 61.5 Å². The highest BCUT2D eigenvalue weighted by Gasteiger charge is 2.32. The second-order valence-corrected chi connectivity index (χ2v) is 6.11. The highest BCUT2D eigenvalue weighted by atomic mass is 35.5. The molecular weight excluding hydrogens is 431 g/mol. The number of aliphatic hydroxyl groups is 1. The minimum absolute atomic E-state index is 0.269. The Morgan fingerprint density at radius 2 is 1.29 bits per heavy atom. The van der Waals surface area contributed by atoms with Crippen molar-refractivity contribution in [3.8, 4) is 0 Å². The van der Waals surface area contributed by atoms with Gasteiger partial charge < -0.3 is 44.4 Å². The summed E-state index contributed by atoms with van der Waals surface area (Å²) in [7, 11) is -3.02. The summed E-state index contributed by atoms with van der Waals surface area (Å²) in [6, 6.07) is 0.269. The number of morpholine rings is 1. The van der Waals surface area contributed by atoms with E-state index in [9.17, 15) is 39.3 Å². The predicted molar refractivity (Wildman–Crippen MR) is 91.8 cm³/mol. The Morgan fingerprint density at radius 1 is 1.00 bits per heavy atom. The molecule has 0 aromatic carbocycles. The molecule has 1 fully saturated rings. The standard InChI is InChI=1S/C6H11ClNO2.C5H12N2O.2BF4/c1-8(6(7)9)2-4-10-5-3-8;1-6(2)5(8)7(3)4;2*2-1(3,4)5/h2-5H2,1H3;1-4H3;;/q+1;;2*-1/p+1. The molecule has 1 amide bonds. The Labute approximate surface area is 163 Å². The molecule has 0 bridgehead atoms. The summed E-state index contributed by atoms with van der Waals surface area (Å²) in [6.07, 6.45) is 0. The van der Waals surface area contributed by atoms with E-state index in [4.69, 9.17) is 21.4 Å². The number of hydrogen-bond donors (Lipinski definition) is 1. The number of rotatable bonds is 0. The molecule has 0 aliphatic carbocycles. The third kappa shape index (κ3) is 26.9. The Kier molecular flexibility index (Phi) is 15.5. The van der Waals surface area contributed by atoms with Crippen LogP contribution in [0.1, 0.15) is 0 Å². The SMILES string of the molecule is CN(C)C(O)=[N+](C)C.C[N+]1(C(=O)Cl)CCOCC1.F[B-](F)(F)F.F[B-](F)(F)F. The Morgan fingerprint density at radius 3 is 1.39 bits per heavy atom. The van der Waals surface area contributed by atoms with Crippen molar-refractivity contribution in [3.63, 3.8) is 0 Å². The van der Waals surface area contributed by atoms with E-state index in [2.05, 4.69) is 0 Å². The van der Waals surface area contributed by atoms with Crippen LogP contribution in [0.4, 0.5) is 39.3 Å². The molecule has 0 radical (unpaired) electrons. The quantitative estimate of drug-likeness (QED) is 0.0892. The van der Waals surface area contributed by atoms with Crippen molar-refractivity contribution in [2.24, 2.45) is 0 Å². The first-order valence-corrected chi connectivity index (χ1v) is 7.86. The number of likely N-dealkylation sites (N-methyl/N-ethyl adjacent to an activating group) is 1. The number of amides is 1.